The molecule has 1 unspecified atom stereocenters. The molecule has 4 heteroatoms. The summed E-state index contributed by atoms with van der Waals surface area (Å²) in [4.78, 5) is 12.7. The van der Waals surface area contributed by atoms with Crippen LogP contribution in [0.5, 0.6) is 0 Å². The quantitative estimate of drug-likeness (QED) is 0.615. The molecule has 168 valence electrons. The number of nitrogens with two attached hydrogens (primary N) is 1. The van der Waals surface area contributed by atoms with Gasteiger partial charge in [-0.15, -0.1) is 0 Å². The largest absolute Gasteiger partial charge is 0.399 e. The van der Waals surface area contributed by atoms with Crippen molar-refractivity contribution in [1.82, 2.24) is 9.97 Å². The molecule has 0 bridgehead atoms. The Morgan fingerprint density at radius 1 is 1.13 bits per heavy atom. The summed E-state index contributed by atoms with van der Waals surface area (Å²) in [6, 6.07) is 6.52. The topological polar surface area (TPSA) is 55.0 Å². The molecule has 1 aliphatic heterocycles. The molecular formula is C27H40N4. The van der Waals surface area contributed by atoms with Crippen molar-refractivity contribution in [1.29, 1.82) is 0 Å². The molecule has 1 aromatic carbocycles. The third kappa shape index (κ3) is 4.88. The summed E-state index contributed by atoms with van der Waals surface area (Å²) in [5.74, 6) is 2.74. The number of benzene rings is 1. The van der Waals surface area contributed by atoms with Crippen LogP contribution in [0.3, 0.4) is 0 Å². The lowest BCUT2D eigenvalue weighted by Gasteiger charge is -2.31. The Morgan fingerprint density at radius 3 is 2.74 bits per heavy atom. The number of hydrogen-bond donors (Lipinski definition) is 1. The summed E-state index contributed by atoms with van der Waals surface area (Å²) in [5.41, 5.74) is 13.1. The van der Waals surface area contributed by atoms with E-state index in [1.54, 1.807) is 0 Å². The van der Waals surface area contributed by atoms with Gasteiger partial charge < -0.3 is 10.6 Å². The number of fused-ring (bicyclic) bond motifs is 1. The van der Waals surface area contributed by atoms with Gasteiger partial charge >= 0.3 is 0 Å². The van der Waals surface area contributed by atoms with Crippen molar-refractivity contribution in [3.05, 3.63) is 46.4 Å². The highest BCUT2D eigenvalue weighted by molar-refractivity contribution is 5.53. The number of rotatable bonds is 5. The molecule has 1 fully saturated rings. The van der Waals surface area contributed by atoms with Crippen molar-refractivity contribution in [3.8, 4) is 0 Å². The predicted molar refractivity (Wildman–Crippen MR) is 131 cm³/mol. The van der Waals surface area contributed by atoms with Crippen molar-refractivity contribution in [2.24, 2.45) is 5.41 Å². The second kappa shape index (κ2) is 9.18. The molecule has 31 heavy (non-hydrogen) atoms. The highest BCUT2D eigenvalue weighted by Gasteiger charge is 2.30. The SMILES string of the molecule is CCCc1ccc(N)cc1C1CCc2c(nc(CC)nc2N2CCCC(C)(C)CC2)C1. The Bertz CT molecular complexity index is 918. The van der Waals surface area contributed by atoms with Crippen molar-refractivity contribution >= 4 is 11.5 Å². The van der Waals surface area contributed by atoms with Crippen molar-refractivity contribution < 1.29 is 0 Å². The van der Waals surface area contributed by atoms with E-state index in [4.69, 9.17) is 15.7 Å². The molecule has 0 amide bonds. The first-order valence-electron chi connectivity index (χ1n) is 12.4. The molecule has 2 heterocycles. The summed E-state index contributed by atoms with van der Waals surface area (Å²) >= 11 is 0. The maximum absolute atomic E-state index is 6.20. The van der Waals surface area contributed by atoms with Gasteiger partial charge in [0.15, 0.2) is 0 Å². The highest BCUT2D eigenvalue weighted by Crippen LogP contribution is 2.39. The minimum atomic E-state index is 0.434. The molecule has 2 aromatic rings. The lowest BCUT2D eigenvalue weighted by molar-refractivity contribution is 0.325. The average Bonchev–Trinajstić information content (AvgIpc) is 2.94. The van der Waals surface area contributed by atoms with E-state index in [2.05, 4.69) is 50.8 Å². The van der Waals surface area contributed by atoms with Crippen LogP contribution in [0.15, 0.2) is 18.2 Å². The summed E-state index contributed by atoms with van der Waals surface area (Å²) in [6.45, 7) is 11.5. The monoisotopic (exact) mass is 420 g/mol. The fourth-order valence-electron chi connectivity index (χ4n) is 5.46. The molecule has 0 saturated carbocycles. The first-order chi connectivity index (χ1) is 14.9. The van der Waals surface area contributed by atoms with E-state index in [1.807, 2.05) is 0 Å². The molecule has 1 aliphatic carbocycles. The Morgan fingerprint density at radius 2 is 1.97 bits per heavy atom. The molecule has 1 aromatic heterocycles. The minimum Gasteiger partial charge on any atom is -0.399 e. The van der Waals surface area contributed by atoms with Gasteiger partial charge in [-0.2, -0.15) is 0 Å². The smallest absolute Gasteiger partial charge is 0.135 e. The van der Waals surface area contributed by atoms with E-state index in [1.165, 1.54) is 47.5 Å². The molecule has 0 radical (unpaired) electrons. The average molecular weight is 421 g/mol. The molecule has 1 saturated heterocycles. The van der Waals surface area contributed by atoms with E-state index in [0.717, 1.165) is 63.1 Å². The minimum absolute atomic E-state index is 0.434. The van der Waals surface area contributed by atoms with Crippen molar-refractivity contribution in [2.75, 3.05) is 23.7 Å². The normalized spacial score (nSPS) is 20.9. The summed E-state index contributed by atoms with van der Waals surface area (Å²) in [5, 5.41) is 0. The first kappa shape index (κ1) is 22.1. The highest BCUT2D eigenvalue weighted by atomic mass is 15.2. The van der Waals surface area contributed by atoms with Gasteiger partial charge in [0, 0.05) is 30.8 Å². The van der Waals surface area contributed by atoms with Crippen LogP contribution in [0.2, 0.25) is 0 Å². The maximum Gasteiger partial charge on any atom is 0.135 e. The molecule has 4 rings (SSSR count). The van der Waals surface area contributed by atoms with Crippen LogP contribution in [-0.4, -0.2) is 23.1 Å². The molecule has 2 N–H and O–H groups in total. The number of hydrogen-bond acceptors (Lipinski definition) is 4. The Labute approximate surface area is 188 Å². The number of aryl methyl sites for hydroxylation is 2. The van der Waals surface area contributed by atoms with Gasteiger partial charge in [-0.05, 0) is 79.5 Å². The molecule has 2 aliphatic rings. The first-order valence-corrected chi connectivity index (χ1v) is 12.4. The van der Waals surface area contributed by atoms with Gasteiger partial charge in [-0.1, -0.05) is 40.2 Å². The van der Waals surface area contributed by atoms with Gasteiger partial charge in [-0.25, -0.2) is 9.97 Å². The zero-order valence-corrected chi connectivity index (χ0v) is 20.0. The molecule has 1 atom stereocenters. The van der Waals surface area contributed by atoms with Crippen LogP contribution in [0.25, 0.3) is 0 Å². The van der Waals surface area contributed by atoms with Gasteiger partial charge in [0.2, 0.25) is 0 Å². The second-order valence-electron chi connectivity index (χ2n) is 10.4. The van der Waals surface area contributed by atoms with E-state index in [-0.39, 0.29) is 0 Å². The van der Waals surface area contributed by atoms with Gasteiger partial charge in [0.25, 0.3) is 0 Å². The molecule has 0 spiro atoms. The van der Waals surface area contributed by atoms with Crippen LogP contribution >= 0.6 is 0 Å². The van der Waals surface area contributed by atoms with Gasteiger partial charge in [0.05, 0.1) is 5.69 Å². The molecular weight excluding hydrogens is 380 g/mol. The third-order valence-corrected chi connectivity index (χ3v) is 7.38. The van der Waals surface area contributed by atoms with Crippen LogP contribution in [0.4, 0.5) is 11.5 Å². The maximum atomic E-state index is 6.20. The van der Waals surface area contributed by atoms with Crippen LogP contribution in [0.1, 0.15) is 93.9 Å². The fraction of sp³-hybridized carbons (Fsp3) is 0.630. The van der Waals surface area contributed by atoms with Crippen LogP contribution in [0, 0.1) is 5.41 Å². The molecule has 4 nitrogen and oxygen atoms in total. The van der Waals surface area contributed by atoms with E-state index < -0.39 is 0 Å². The summed E-state index contributed by atoms with van der Waals surface area (Å²) < 4.78 is 0. The lowest BCUT2D eigenvalue weighted by atomic mass is 9.80. The zero-order chi connectivity index (χ0) is 22.0. The number of nitrogens with zero attached hydrogens (tertiary/aromatic N) is 3. The van der Waals surface area contributed by atoms with Crippen LogP contribution in [-0.2, 0) is 25.7 Å². The zero-order valence-electron chi connectivity index (χ0n) is 20.0. The Kier molecular flexibility index (Phi) is 6.55. The van der Waals surface area contributed by atoms with E-state index in [0.29, 0.717) is 11.3 Å². The van der Waals surface area contributed by atoms with Crippen LogP contribution < -0.4 is 10.6 Å². The standard InChI is InChI=1S/C27H40N4/c1-5-8-19-9-11-21(28)18-23(19)20-10-12-22-24(17-20)29-25(6-2)30-26(22)31-15-7-13-27(3,4)14-16-31/h9,11,18,20H,5-8,10,12-17,28H2,1-4H3. The Balaban J connectivity index is 1.66. The second-order valence-corrected chi connectivity index (χ2v) is 10.4. The summed E-state index contributed by atoms with van der Waals surface area (Å²) in [7, 11) is 0. The lowest BCUT2D eigenvalue weighted by Crippen LogP contribution is -2.30. The van der Waals surface area contributed by atoms with Gasteiger partial charge in [0.1, 0.15) is 11.6 Å². The number of anilines is 2. The van der Waals surface area contributed by atoms with Gasteiger partial charge in [-0.3, -0.25) is 0 Å². The fourth-order valence-corrected chi connectivity index (χ4v) is 5.46. The van der Waals surface area contributed by atoms with Crippen molar-refractivity contribution in [2.45, 2.75) is 91.4 Å². The predicted octanol–water partition coefficient (Wildman–Crippen LogP) is 5.86. The Hall–Kier alpha value is -2.10. The van der Waals surface area contributed by atoms with E-state index >= 15 is 0 Å². The summed E-state index contributed by atoms with van der Waals surface area (Å²) in [6.07, 6.45) is 10.2. The van der Waals surface area contributed by atoms with Crippen molar-refractivity contribution in [3.63, 3.8) is 0 Å². The number of aromatic nitrogens is 2. The third-order valence-electron chi connectivity index (χ3n) is 7.38. The number of nitrogen functional groups attached to an aromatic ring is 1. The van der Waals surface area contributed by atoms with E-state index in [9.17, 15) is 0 Å².